The van der Waals surface area contributed by atoms with Crippen molar-refractivity contribution < 1.29 is 8.42 Å². The number of sulfonamides is 1. The first-order valence-electron chi connectivity index (χ1n) is 7.55. The molecule has 0 bridgehead atoms. The van der Waals surface area contributed by atoms with E-state index in [-0.39, 0.29) is 11.1 Å². The highest BCUT2D eigenvalue weighted by Gasteiger charge is 2.38. The summed E-state index contributed by atoms with van der Waals surface area (Å²) in [5.41, 5.74) is 2.08. The first-order valence-corrected chi connectivity index (χ1v) is 8.99. The number of anilines is 1. The Morgan fingerprint density at radius 3 is 2.74 bits per heavy atom. The Balaban J connectivity index is 1.98. The van der Waals surface area contributed by atoms with Crippen LogP contribution in [0.2, 0.25) is 0 Å². The van der Waals surface area contributed by atoms with Gasteiger partial charge in [-0.3, -0.25) is 0 Å². The molecule has 0 amide bonds. The Labute approximate surface area is 136 Å². The third-order valence-electron chi connectivity index (χ3n) is 4.22. The van der Waals surface area contributed by atoms with Crippen LogP contribution in [-0.2, 0) is 17.1 Å². The lowest BCUT2D eigenvalue weighted by Gasteiger charge is -2.25. The summed E-state index contributed by atoms with van der Waals surface area (Å²) in [5, 5.41) is 7.57. The molecule has 3 rings (SSSR count). The largest absolute Gasteiger partial charge is 0.378 e. The molecule has 2 aromatic rings. The maximum absolute atomic E-state index is 12.9. The minimum atomic E-state index is -3.60. The first-order chi connectivity index (χ1) is 10.9. The highest BCUT2D eigenvalue weighted by atomic mass is 32.2. The van der Waals surface area contributed by atoms with E-state index in [1.807, 2.05) is 37.2 Å². The summed E-state index contributed by atoms with van der Waals surface area (Å²) < 4.78 is 28.7. The number of aromatic nitrogens is 3. The Kier molecular flexibility index (Phi) is 4.11. The van der Waals surface area contributed by atoms with Gasteiger partial charge in [-0.1, -0.05) is 17.3 Å². The average Bonchev–Trinajstić information content (AvgIpc) is 3.16. The van der Waals surface area contributed by atoms with E-state index in [1.165, 1.54) is 10.9 Å². The van der Waals surface area contributed by atoms with Gasteiger partial charge >= 0.3 is 0 Å². The minimum Gasteiger partial charge on any atom is -0.378 e. The lowest BCUT2D eigenvalue weighted by Crippen LogP contribution is -2.32. The van der Waals surface area contributed by atoms with E-state index in [1.54, 1.807) is 11.4 Å². The molecular formula is C15H21N5O2S. The van der Waals surface area contributed by atoms with Crippen LogP contribution in [0.3, 0.4) is 0 Å². The summed E-state index contributed by atoms with van der Waals surface area (Å²) in [5.74, 6) is 0. The molecule has 0 saturated carbocycles. The second-order valence-electron chi connectivity index (χ2n) is 5.96. The zero-order valence-corrected chi connectivity index (χ0v) is 14.4. The molecule has 7 nitrogen and oxygen atoms in total. The molecule has 1 unspecified atom stereocenters. The smallest absolute Gasteiger partial charge is 0.262 e. The molecule has 0 aliphatic carbocycles. The van der Waals surface area contributed by atoms with Gasteiger partial charge in [0.05, 0.1) is 12.2 Å². The van der Waals surface area contributed by atoms with Crippen molar-refractivity contribution in [3.8, 4) is 0 Å². The van der Waals surface area contributed by atoms with E-state index < -0.39 is 10.0 Å². The second kappa shape index (κ2) is 5.93. The van der Waals surface area contributed by atoms with Crippen LogP contribution < -0.4 is 4.90 Å². The molecule has 1 aliphatic heterocycles. The van der Waals surface area contributed by atoms with Crippen molar-refractivity contribution in [3.05, 3.63) is 36.0 Å². The van der Waals surface area contributed by atoms with Gasteiger partial charge in [-0.05, 0) is 30.5 Å². The number of nitrogens with zero attached hydrogens (tertiary/aromatic N) is 5. The predicted octanol–water partition coefficient (Wildman–Crippen LogP) is 1.41. The molecule has 1 aromatic heterocycles. The van der Waals surface area contributed by atoms with Crippen LogP contribution >= 0.6 is 0 Å². The van der Waals surface area contributed by atoms with Crippen molar-refractivity contribution in [2.24, 2.45) is 7.05 Å². The Morgan fingerprint density at radius 1 is 1.30 bits per heavy atom. The summed E-state index contributed by atoms with van der Waals surface area (Å²) in [7, 11) is 1.95. The van der Waals surface area contributed by atoms with E-state index in [2.05, 4.69) is 16.4 Å². The lowest BCUT2D eigenvalue weighted by atomic mass is 10.0. The summed E-state index contributed by atoms with van der Waals surface area (Å²) >= 11 is 0. The van der Waals surface area contributed by atoms with Gasteiger partial charge in [0.2, 0.25) is 0 Å². The molecule has 1 atom stereocenters. The van der Waals surface area contributed by atoms with Gasteiger partial charge < -0.3 is 4.90 Å². The zero-order chi connectivity index (χ0) is 16.6. The summed E-state index contributed by atoms with van der Waals surface area (Å²) in [6.07, 6.45) is 2.98. The summed E-state index contributed by atoms with van der Waals surface area (Å²) in [6, 6.07) is 7.89. The van der Waals surface area contributed by atoms with Gasteiger partial charge in [-0.2, -0.15) is 4.31 Å². The van der Waals surface area contributed by atoms with Crippen molar-refractivity contribution in [2.45, 2.75) is 23.9 Å². The molecular weight excluding hydrogens is 314 g/mol. The molecule has 0 N–H and O–H groups in total. The molecule has 8 heteroatoms. The number of hydrogen-bond acceptors (Lipinski definition) is 5. The predicted molar refractivity (Wildman–Crippen MR) is 87.6 cm³/mol. The van der Waals surface area contributed by atoms with Crippen molar-refractivity contribution in [1.29, 1.82) is 0 Å². The molecule has 2 heterocycles. The van der Waals surface area contributed by atoms with Crippen molar-refractivity contribution >= 4 is 15.7 Å². The third-order valence-corrected chi connectivity index (χ3v) is 6.17. The molecule has 23 heavy (non-hydrogen) atoms. The molecule has 1 aliphatic rings. The van der Waals surface area contributed by atoms with Crippen LogP contribution in [0.15, 0.2) is 35.5 Å². The second-order valence-corrected chi connectivity index (χ2v) is 7.80. The topological polar surface area (TPSA) is 71.3 Å². The Bertz CT molecular complexity index is 800. The van der Waals surface area contributed by atoms with Gasteiger partial charge in [-0.25, -0.2) is 13.1 Å². The molecule has 1 saturated heterocycles. The maximum atomic E-state index is 12.9. The van der Waals surface area contributed by atoms with E-state index in [0.717, 1.165) is 24.1 Å². The summed E-state index contributed by atoms with van der Waals surface area (Å²) in [6.45, 7) is 0.518. The number of hydrogen-bond donors (Lipinski definition) is 0. The molecule has 1 fully saturated rings. The number of aryl methyl sites for hydroxylation is 1. The van der Waals surface area contributed by atoms with Gasteiger partial charge in [0.15, 0.2) is 5.03 Å². The van der Waals surface area contributed by atoms with Crippen LogP contribution in [0.25, 0.3) is 0 Å². The van der Waals surface area contributed by atoms with Crippen molar-refractivity contribution in [3.63, 3.8) is 0 Å². The number of rotatable bonds is 4. The van der Waals surface area contributed by atoms with E-state index in [0.29, 0.717) is 6.54 Å². The first kappa shape index (κ1) is 15.9. The Hall–Kier alpha value is -1.93. The molecule has 124 valence electrons. The third kappa shape index (κ3) is 2.84. The van der Waals surface area contributed by atoms with E-state index in [9.17, 15) is 8.42 Å². The van der Waals surface area contributed by atoms with Crippen LogP contribution in [0.5, 0.6) is 0 Å². The van der Waals surface area contributed by atoms with Crippen LogP contribution in [0, 0.1) is 0 Å². The van der Waals surface area contributed by atoms with Gasteiger partial charge in [0.1, 0.15) is 0 Å². The highest BCUT2D eigenvalue weighted by Crippen LogP contribution is 2.37. The fraction of sp³-hybridized carbons (Fsp3) is 0.467. The Morgan fingerprint density at radius 2 is 2.09 bits per heavy atom. The lowest BCUT2D eigenvalue weighted by molar-refractivity contribution is 0.391. The van der Waals surface area contributed by atoms with E-state index in [4.69, 9.17) is 0 Å². The van der Waals surface area contributed by atoms with Crippen LogP contribution in [-0.4, -0.2) is 48.4 Å². The van der Waals surface area contributed by atoms with Gasteiger partial charge in [-0.15, -0.1) is 5.10 Å². The van der Waals surface area contributed by atoms with Crippen LogP contribution in [0.4, 0.5) is 5.69 Å². The molecule has 0 radical (unpaired) electrons. The van der Waals surface area contributed by atoms with Crippen molar-refractivity contribution in [2.75, 3.05) is 25.5 Å². The van der Waals surface area contributed by atoms with Gasteiger partial charge in [0, 0.05) is 33.4 Å². The highest BCUT2D eigenvalue weighted by molar-refractivity contribution is 7.89. The van der Waals surface area contributed by atoms with Crippen LogP contribution in [0.1, 0.15) is 24.4 Å². The standard InChI is InChI=1S/C15H21N5O2S/c1-18(2)13-7-4-6-12(10-13)14-8-5-9-20(14)23(21,22)15-11-16-17-19(15)3/h4,6-7,10-11,14H,5,8-9H2,1-3H3. The SMILES string of the molecule is CN(C)c1cccc(C2CCCN2S(=O)(=O)c2cnnn2C)c1. The zero-order valence-electron chi connectivity index (χ0n) is 13.5. The quantitative estimate of drug-likeness (QED) is 0.845. The monoisotopic (exact) mass is 335 g/mol. The average molecular weight is 335 g/mol. The maximum Gasteiger partial charge on any atom is 0.262 e. The summed E-state index contributed by atoms with van der Waals surface area (Å²) in [4.78, 5) is 2.02. The fourth-order valence-corrected chi connectivity index (χ4v) is 4.73. The molecule has 1 aromatic carbocycles. The fourth-order valence-electron chi connectivity index (χ4n) is 3.01. The number of benzene rings is 1. The molecule has 0 spiro atoms. The van der Waals surface area contributed by atoms with Gasteiger partial charge in [0.25, 0.3) is 10.0 Å². The van der Waals surface area contributed by atoms with Crippen molar-refractivity contribution in [1.82, 2.24) is 19.3 Å². The normalized spacial score (nSPS) is 19.2. The minimum absolute atomic E-state index is 0.133. The van der Waals surface area contributed by atoms with E-state index >= 15 is 0 Å².